The molecule has 3 aromatic rings. The van der Waals surface area contributed by atoms with Crippen molar-refractivity contribution in [3.05, 3.63) is 76.9 Å². The minimum atomic E-state index is -0.231. The van der Waals surface area contributed by atoms with Gasteiger partial charge in [-0.2, -0.15) is 5.10 Å². The van der Waals surface area contributed by atoms with E-state index in [-0.39, 0.29) is 17.9 Å². The van der Waals surface area contributed by atoms with Crippen molar-refractivity contribution in [3.8, 4) is 5.69 Å². The summed E-state index contributed by atoms with van der Waals surface area (Å²) in [4.78, 5) is 31.0. The number of hydrogen-bond donors (Lipinski definition) is 0. The number of carbonyl (C=O) groups is 2. The number of aryl methyl sites for hydroxylation is 1. The van der Waals surface area contributed by atoms with Crippen molar-refractivity contribution < 1.29 is 14.3 Å². The fourth-order valence-electron chi connectivity index (χ4n) is 3.95. The minimum Gasteiger partial charge on any atom is -0.469 e. The van der Waals surface area contributed by atoms with Crippen LogP contribution >= 0.6 is 0 Å². The van der Waals surface area contributed by atoms with Gasteiger partial charge in [0.15, 0.2) is 0 Å². The number of rotatable bonds is 8. The second-order valence-corrected chi connectivity index (χ2v) is 8.17. The van der Waals surface area contributed by atoms with E-state index in [0.717, 1.165) is 41.2 Å². The molecule has 0 spiro atoms. The lowest BCUT2D eigenvalue weighted by Crippen LogP contribution is -2.32. The van der Waals surface area contributed by atoms with Gasteiger partial charge in [-0.3, -0.25) is 14.6 Å². The monoisotopic (exact) mass is 432 g/mol. The Kier molecular flexibility index (Phi) is 6.35. The SMILES string of the molecule is COC(=O)CCc1c(C)nn(-c2ccc(C(=O)N(Cc3ccccn3)C3CC3)cc2)c1C. The molecule has 0 bridgehead atoms. The molecule has 1 aliphatic carbocycles. The molecular weight excluding hydrogens is 404 g/mol. The Morgan fingerprint density at radius 3 is 2.50 bits per heavy atom. The van der Waals surface area contributed by atoms with Crippen molar-refractivity contribution in [1.29, 1.82) is 0 Å². The summed E-state index contributed by atoms with van der Waals surface area (Å²) in [6.45, 7) is 4.46. The zero-order valence-electron chi connectivity index (χ0n) is 18.7. The van der Waals surface area contributed by atoms with E-state index < -0.39 is 0 Å². The highest BCUT2D eigenvalue weighted by atomic mass is 16.5. The van der Waals surface area contributed by atoms with Gasteiger partial charge in [0.2, 0.25) is 0 Å². The summed E-state index contributed by atoms with van der Waals surface area (Å²) in [5.74, 6) is -0.206. The maximum Gasteiger partial charge on any atom is 0.305 e. The third-order valence-electron chi connectivity index (χ3n) is 5.91. The topological polar surface area (TPSA) is 77.3 Å². The molecule has 166 valence electrons. The van der Waals surface area contributed by atoms with E-state index in [1.807, 2.05) is 65.9 Å². The number of benzene rings is 1. The van der Waals surface area contributed by atoms with E-state index in [4.69, 9.17) is 4.74 Å². The van der Waals surface area contributed by atoms with Gasteiger partial charge in [-0.15, -0.1) is 0 Å². The maximum atomic E-state index is 13.2. The first-order valence-electron chi connectivity index (χ1n) is 10.9. The average molecular weight is 433 g/mol. The number of carbonyl (C=O) groups excluding carboxylic acids is 2. The molecule has 4 rings (SSSR count). The van der Waals surface area contributed by atoms with Crippen molar-refractivity contribution in [2.24, 2.45) is 0 Å². The molecule has 32 heavy (non-hydrogen) atoms. The van der Waals surface area contributed by atoms with Crippen LogP contribution in [0, 0.1) is 13.8 Å². The Morgan fingerprint density at radius 1 is 1.12 bits per heavy atom. The largest absolute Gasteiger partial charge is 0.469 e. The normalized spacial score (nSPS) is 13.1. The summed E-state index contributed by atoms with van der Waals surface area (Å²) in [5.41, 5.74) is 5.36. The summed E-state index contributed by atoms with van der Waals surface area (Å²) in [6, 6.07) is 13.6. The van der Waals surface area contributed by atoms with Gasteiger partial charge in [0.25, 0.3) is 5.91 Å². The van der Waals surface area contributed by atoms with Crippen LogP contribution in [0.3, 0.4) is 0 Å². The van der Waals surface area contributed by atoms with Gasteiger partial charge in [-0.1, -0.05) is 6.07 Å². The Morgan fingerprint density at radius 2 is 1.88 bits per heavy atom. The molecule has 0 radical (unpaired) electrons. The van der Waals surface area contributed by atoms with Crippen LogP contribution in [0.25, 0.3) is 5.69 Å². The Balaban J connectivity index is 1.51. The van der Waals surface area contributed by atoms with Gasteiger partial charge in [-0.05, 0) is 75.1 Å². The number of hydrogen-bond acceptors (Lipinski definition) is 5. The van der Waals surface area contributed by atoms with Crippen molar-refractivity contribution >= 4 is 11.9 Å². The fourth-order valence-corrected chi connectivity index (χ4v) is 3.95. The van der Waals surface area contributed by atoms with Crippen molar-refractivity contribution in [2.75, 3.05) is 7.11 Å². The zero-order chi connectivity index (χ0) is 22.7. The van der Waals surface area contributed by atoms with Gasteiger partial charge in [0.05, 0.1) is 30.7 Å². The van der Waals surface area contributed by atoms with Crippen molar-refractivity contribution in [3.63, 3.8) is 0 Å². The number of ether oxygens (including phenoxy) is 1. The van der Waals surface area contributed by atoms with Crippen LogP contribution in [0.1, 0.15) is 52.3 Å². The van der Waals surface area contributed by atoms with Gasteiger partial charge in [-0.25, -0.2) is 4.68 Å². The predicted molar refractivity (Wildman–Crippen MR) is 121 cm³/mol. The first kappa shape index (κ1) is 21.7. The first-order chi connectivity index (χ1) is 15.5. The zero-order valence-corrected chi connectivity index (χ0v) is 18.7. The van der Waals surface area contributed by atoms with Crippen molar-refractivity contribution in [1.82, 2.24) is 19.7 Å². The van der Waals surface area contributed by atoms with E-state index in [1.54, 1.807) is 6.20 Å². The van der Waals surface area contributed by atoms with Crippen LogP contribution in [0.5, 0.6) is 0 Å². The third-order valence-corrected chi connectivity index (χ3v) is 5.91. The highest BCUT2D eigenvalue weighted by Gasteiger charge is 2.33. The van der Waals surface area contributed by atoms with Crippen LogP contribution in [0.2, 0.25) is 0 Å². The second kappa shape index (κ2) is 9.34. The Labute approximate surface area is 188 Å². The molecule has 1 saturated carbocycles. The summed E-state index contributed by atoms with van der Waals surface area (Å²) in [6.07, 6.45) is 4.75. The molecule has 7 heteroatoms. The van der Waals surface area contributed by atoms with E-state index >= 15 is 0 Å². The number of pyridine rings is 1. The van der Waals surface area contributed by atoms with Crippen LogP contribution in [-0.2, 0) is 22.5 Å². The minimum absolute atomic E-state index is 0.0248. The second-order valence-electron chi connectivity index (χ2n) is 8.17. The molecule has 2 heterocycles. The summed E-state index contributed by atoms with van der Waals surface area (Å²) in [5, 5.41) is 4.65. The molecular formula is C25H28N4O3. The van der Waals surface area contributed by atoms with E-state index in [9.17, 15) is 9.59 Å². The maximum absolute atomic E-state index is 13.2. The van der Waals surface area contributed by atoms with Crippen LogP contribution < -0.4 is 0 Å². The van der Waals surface area contributed by atoms with Crippen LogP contribution in [0.15, 0.2) is 48.7 Å². The number of amides is 1. The van der Waals surface area contributed by atoms with Crippen LogP contribution in [0.4, 0.5) is 0 Å². The number of methoxy groups -OCH3 is 1. The number of nitrogens with zero attached hydrogens (tertiary/aromatic N) is 4. The summed E-state index contributed by atoms with van der Waals surface area (Å²) in [7, 11) is 1.40. The van der Waals surface area contributed by atoms with Crippen molar-refractivity contribution in [2.45, 2.75) is 52.1 Å². The molecule has 0 unspecified atom stereocenters. The third kappa shape index (κ3) is 4.72. The van der Waals surface area contributed by atoms with E-state index in [1.165, 1.54) is 7.11 Å². The number of esters is 1. The van der Waals surface area contributed by atoms with E-state index in [0.29, 0.717) is 24.9 Å². The average Bonchev–Trinajstić information content (AvgIpc) is 3.62. The lowest BCUT2D eigenvalue weighted by atomic mass is 10.1. The predicted octanol–water partition coefficient (Wildman–Crippen LogP) is 3.79. The molecule has 7 nitrogen and oxygen atoms in total. The highest BCUT2D eigenvalue weighted by molar-refractivity contribution is 5.94. The summed E-state index contributed by atoms with van der Waals surface area (Å²) < 4.78 is 6.61. The Bertz CT molecular complexity index is 1100. The molecule has 2 aromatic heterocycles. The fraction of sp³-hybridized carbons (Fsp3) is 0.360. The summed E-state index contributed by atoms with van der Waals surface area (Å²) >= 11 is 0. The lowest BCUT2D eigenvalue weighted by molar-refractivity contribution is -0.140. The molecule has 0 atom stereocenters. The smallest absolute Gasteiger partial charge is 0.305 e. The Hall–Kier alpha value is -3.48. The lowest BCUT2D eigenvalue weighted by Gasteiger charge is -2.22. The number of aromatic nitrogens is 3. The molecule has 0 N–H and O–H groups in total. The van der Waals surface area contributed by atoms with Gasteiger partial charge in [0.1, 0.15) is 0 Å². The van der Waals surface area contributed by atoms with Gasteiger partial charge < -0.3 is 9.64 Å². The molecule has 1 aromatic carbocycles. The molecule has 0 aliphatic heterocycles. The van der Waals surface area contributed by atoms with Gasteiger partial charge in [0, 0.05) is 29.9 Å². The first-order valence-corrected chi connectivity index (χ1v) is 10.9. The van der Waals surface area contributed by atoms with E-state index in [2.05, 4.69) is 10.1 Å². The van der Waals surface area contributed by atoms with Crippen LogP contribution in [-0.4, -0.2) is 44.7 Å². The molecule has 1 aliphatic rings. The standard InChI is InChI=1S/C25H28N4O3/c1-17-23(13-14-24(30)32-3)18(2)29(27-17)22-9-7-19(8-10-22)25(31)28(21-11-12-21)16-20-6-4-5-15-26-20/h4-10,15,21H,11-14,16H2,1-3H3. The molecule has 1 fully saturated rings. The van der Waals surface area contributed by atoms with Gasteiger partial charge >= 0.3 is 5.97 Å². The molecule has 1 amide bonds. The highest BCUT2D eigenvalue weighted by Crippen LogP contribution is 2.30. The quantitative estimate of drug-likeness (QED) is 0.506. The molecule has 0 saturated heterocycles.